The molecule has 0 saturated heterocycles. The van der Waals surface area contributed by atoms with Gasteiger partial charge in [0.05, 0.1) is 23.8 Å². The molecule has 6 nitrogen and oxygen atoms in total. The number of H-pyrrole nitrogens is 1. The fourth-order valence-corrected chi connectivity index (χ4v) is 1.98. The number of nitrogens with zero attached hydrogens (tertiary/aromatic N) is 2. The van der Waals surface area contributed by atoms with E-state index in [0.717, 1.165) is 16.8 Å². The number of pyridine rings is 1. The summed E-state index contributed by atoms with van der Waals surface area (Å²) in [4.78, 5) is 22.5. The van der Waals surface area contributed by atoms with E-state index in [-0.39, 0.29) is 17.0 Å². The van der Waals surface area contributed by atoms with Crippen molar-refractivity contribution in [1.29, 1.82) is 0 Å². The minimum Gasteiger partial charge on any atom is -0.422 e. The number of anilines is 1. The van der Waals surface area contributed by atoms with E-state index in [4.69, 9.17) is 10.5 Å². The number of carbonyl (C=O) groups excluding carboxylic acids is 1. The minimum absolute atomic E-state index is 0.179. The Kier molecular flexibility index (Phi) is 3.48. The molecule has 0 amide bonds. The molecule has 2 aromatic rings. The van der Waals surface area contributed by atoms with E-state index >= 15 is 0 Å². The Hall–Kier alpha value is -2.37. The summed E-state index contributed by atoms with van der Waals surface area (Å²) in [7, 11) is 0. The van der Waals surface area contributed by atoms with Gasteiger partial charge in [0.25, 0.3) is 0 Å². The quantitative estimate of drug-likeness (QED) is 0.819. The molecule has 0 unspecified atom stereocenters. The molecule has 2 rings (SSSR count). The number of ether oxygens (including phenoxy) is 1. The van der Waals surface area contributed by atoms with Gasteiger partial charge in [0.1, 0.15) is 0 Å². The summed E-state index contributed by atoms with van der Waals surface area (Å²) < 4.78 is 5.26. The van der Waals surface area contributed by atoms with Gasteiger partial charge < -0.3 is 15.5 Å². The highest BCUT2D eigenvalue weighted by molar-refractivity contribution is 5.81. The average Bonchev–Trinajstić information content (AvgIpc) is 2.82. The highest BCUT2D eigenvalue weighted by atomic mass is 16.5. The molecule has 0 bridgehead atoms. The summed E-state index contributed by atoms with van der Waals surface area (Å²) in [6.07, 6.45) is 4.94. The van der Waals surface area contributed by atoms with E-state index in [1.165, 1.54) is 6.92 Å². The molecule has 0 aliphatic rings. The zero-order chi connectivity index (χ0) is 14.9. The van der Waals surface area contributed by atoms with Gasteiger partial charge in [-0.1, -0.05) is 20.8 Å². The normalized spacial score (nSPS) is 11.4. The molecule has 3 N–H and O–H groups in total. The van der Waals surface area contributed by atoms with Gasteiger partial charge in [0.2, 0.25) is 0 Å². The Morgan fingerprint density at radius 2 is 2.05 bits per heavy atom. The average molecular weight is 274 g/mol. The third-order valence-electron chi connectivity index (χ3n) is 2.88. The highest BCUT2D eigenvalue weighted by Gasteiger charge is 2.26. The first-order valence-electron chi connectivity index (χ1n) is 6.27. The Morgan fingerprint density at radius 3 is 2.55 bits per heavy atom. The second kappa shape index (κ2) is 4.96. The Morgan fingerprint density at radius 1 is 1.35 bits per heavy atom. The molecule has 0 aliphatic heterocycles. The van der Waals surface area contributed by atoms with E-state index in [9.17, 15) is 4.79 Å². The zero-order valence-electron chi connectivity index (χ0n) is 12.0. The molecule has 0 fully saturated rings. The van der Waals surface area contributed by atoms with Gasteiger partial charge in [-0.15, -0.1) is 0 Å². The van der Waals surface area contributed by atoms with Crippen molar-refractivity contribution in [2.75, 3.05) is 5.73 Å². The molecule has 0 radical (unpaired) electrons. The highest BCUT2D eigenvalue weighted by Crippen LogP contribution is 2.40. The van der Waals surface area contributed by atoms with Crippen molar-refractivity contribution in [3.63, 3.8) is 0 Å². The number of hydrogen-bond acceptors (Lipinski definition) is 5. The van der Waals surface area contributed by atoms with Gasteiger partial charge in [-0.2, -0.15) is 0 Å². The van der Waals surface area contributed by atoms with Crippen molar-refractivity contribution in [1.82, 2.24) is 15.0 Å². The summed E-state index contributed by atoms with van der Waals surface area (Å²) in [5, 5.41) is 0. The summed E-state index contributed by atoms with van der Waals surface area (Å²) in [6, 6.07) is 0. The van der Waals surface area contributed by atoms with Crippen molar-refractivity contribution in [2.45, 2.75) is 33.1 Å². The van der Waals surface area contributed by atoms with Crippen LogP contribution in [-0.2, 0) is 10.2 Å². The molecule has 6 heteroatoms. The Labute approximate surface area is 117 Å². The van der Waals surface area contributed by atoms with Crippen LogP contribution in [0.25, 0.3) is 11.3 Å². The SMILES string of the molecule is CC(=O)Oc1c(N)ncc(C(C)(C)C)c1-c1cnc[nH]1. The molecule has 0 atom stereocenters. The zero-order valence-corrected chi connectivity index (χ0v) is 12.0. The van der Waals surface area contributed by atoms with E-state index in [2.05, 4.69) is 35.7 Å². The van der Waals surface area contributed by atoms with Crippen LogP contribution in [0.5, 0.6) is 5.75 Å². The maximum absolute atomic E-state index is 11.3. The number of aromatic amines is 1. The number of aromatic nitrogens is 3. The van der Waals surface area contributed by atoms with Crippen LogP contribution in [0, 0.1) is 0 Å². The lowest BCUT2D eigenvalue weighted by Crippen LogP contribution is -2.16. The van der Waals surface area contributed by atoms with E-state index in [0.29, 0.717) is 0 Å². The van der Waals surface area contributed by atoms with Crippen LogP contribution in [0.15, 0.2) is 18.7 Å². The standard InChI is InChI=1S/C14H18N4O2/c1-8(19)20-12-11(10-6-16-7-18-10)9(14(2,3)4)5-17-13(12)15/h5-7H,1-4H3,(H2,15,17)(H,16,18). The van der Waals surface area contributed by atoms with Crippen LogP contribution in [0.2, 0.25) is 0 Å². The Balaban J connectivity index is 2.75. The fourth-order valence-electron chi connectivity index (χ4n) is 1.98. The van der Waals surface area contributed by atoms with Gasteiger partial charge >= 0.3 is 5.97 Å². The number of esters is 1. The van der Waals surface area contributed by atoms with Crippen molar-refractivity contribution in [3.05, 3.63) is 24.3 Å². The first kappa shape index (κ1) is 14.0. The van der Waals surface area contributed by atoms with Gasteiger partial charge in [0, 0.05) is 13.1 Å². The molecule has 2 aromatic heterocycles. The molecule has 20 heavy (non-hydrogen) atoms. The number of nitrogens with one attached hydrogen (secondary N) is 1. The molecule has 2 heterocycles. The second-order valence-electron chi connectivity index (χ2n) is 5.57. The third kappa shape index (κ3) is 2.64. The third-order valence-corrected chi connectivity index (χ3v) is 2.88. The maximum Gasteiger partial charge on any atom is 0.308 e. The largest absolute Gasteiger partial charge is 0.422 e. The number of carbonyl (C=O) groups is 1. The minimum atomic E-state index is -0.440. The van der Waals surface area contributed by atoms with Gasteiger partial charge in [0.15, 0.2) is 11.6 Å². The molecular weight excluding hydrogens is 256 g/mol. The van der Waals surface area contributed by atoms with Gasteiger partial charge in [-0.25, -0.2) is 9.97 Å². The summed E-state index contributed by atoms with van der Waals surface area (Å²) in [5.41, 5.74) is 8.06. The molecule has 0 aromatic carbocycles. The maximum atomic E-state index is 11.3. The van der Waals surface area contributed by atoms with Crippen LogP contribution >= 0.6 is 0 Å². The van der Waals surface area contributed by atoms with Gasteiger partial charge in [-0.05, 0) is 11.0 Å². The van der Waals surface area contributed by atoms with Crippen molar-refractivity contribution in [2.24, 2.45) is 0 Å². The molecule has 0 aliphatic carbocycles. The van der Waals surface area contributed by atoms with E-state index in [1.54, 1.807) is 18.7 Å². The van der Waals surface area contributed by atoms with Crippen molar-refractivity contribution >= 4 is 11.8 Å². The van der Waals surface area contributed by atoms with Crippen LogP contribution in [-0.4, -0.2) is 20.9 Å². The summed E-state index contributed by atoms with van der Waals surface area (Å²) >= 11 is 0. The smallest absolute Gasteiger partial charge is 0.308 e. The van der Waals surface area contributed by atoms with E-state index in [1.807, 2.05) is 0 Å². The first-order chi connectivity index (χ1) is 9.30. The van der Waals surface area contributed by atoms with Crippen LogP contribution in [0.4, 0.5) is 5.82 Å². The topological polar surface area (TPSA) is 93.9 Å². The van der Waals surface area contributed by atoms with Crippen molar-refractivity contribution in [3.8, 4) is 17.0 Å². The number of hydrogen-bond donors (Lipinski definition) is 2. The van der Waals surface area contributed by atoms with Crippen LogP contribution in [0.1, 0.15) is 33.3 Å². The predicted octanol–water partition coefficient (Wildman–Crippen LogP) is 2.28. The first-order valence-corrected chi connectivity index (χ1v) is 6.27. The Bertz CT molecular complexity index is 627. The fraction of sp³-hybridized carbons (Fsp3) is 0.357. The lowest BCUT2D eigenvalue weighted by Gasteiger charge is -2.24. The molecular formula is C14H18N4O2. The number of nitrogens with two attached hydrogens (primary N) is 1. The van der Waals surface area contributed by atoms with Gasteiger partial charge in [-0.3, -0.25) is 4.79 Å². The second-order valence-corrected chi connectivity index (χ2v) is 5.57. The lowest BCUT2D eigenvalue weighted by atomic mass is 9.84. The summed E-state index contributed by atoms with van der Waals surface area (Å²) in [6.45, 7) is 7.49. The monoisotopic (exact) mass is 274 g/mol. The molecule has 0 saturated carbocycles. The van der Waals surface area contributed by atoms with E-state index < -0.39 is 5.97 Å². The lowest BCUT2D eigenvalue weighted by molar-refractivity contribution is -0.131. The van der Waals surface area contributed by atoms with Crippen LogP contribution < -0.4 is 10.5 Å². The predicted molar refractivity (Wildman–Crippen MR) is 76.2 cm³/mol. The van der Waals surface area contributed by atoms with Crippen molar-refractivity contribution < 1.29 is 9.53 Å². The number of rotatable bonds is 2. The number of imidazole rings is 1. The molecule has 106 valence electrons. The molecule has 0 spiro atoms. The number of nitrogen functional groups attached to an aromatic ring is 1. The summed E-state index contributed by atoms with van der Waals surface area (Å²) in [5.74, 6) is 0.0114. The van der Waals surface area contributed by atoms with Crippen LogP contribution in [0.3, 0.4) is 0 Å².